The van der Waals surface area contributed by atoms with Crippen LogP contribution in [0.4, 0.5) is 5.69 Å². The number of anilines is 1. The summed E-state index contributed by atoms with van der Waals surface area (Å²) in [6, 6.07) is 2.98. The van der Waals surface area contributed by atoms with E-state index in [1.165, 1.54) is 33.3 Å². The molecule has 1 aromatic carbocycles. The highest BCUT2D eigenvalue weighted by Gasteiger charge is 2.12. The average molecular weight is 300 g/mol. The van der Waals surface area contributed by atoms with Gasteiger partial charge in [0, 0.05) is 23.8 Å². The molecule has 0 bridgehead atoms. The first-order valence-electron chi connectivity index (χ1n) is 5.53. The predicted octanol–water partition coefficient (Wildman–Crippen LogP) is 2.33. The minimum absolute atomic E-state index is 0.0811. The van der Waals surface area contributed by atoms with Gasteiger partial charge in [-0.05, 0) is 6.92 Å². The molecule has 0 aliphatic carbocycles. The molecule has 0 spiro atoms. The van der Waals surface area contributed by atoms with Crippen molar-refractivity contribution < 1.29 is 24.2 Å². The van der Waals surface area contributed by atoms with Crippen molar-refractivity contribution in [3.8, 4) is 11.5 Å². The Morgan fingerprint density at radius 1 is 1.25 bits per heavy atom. The van der Waals surface area contributed by atoms with E-state index in [9.17, 15) is 9.59 Å². The molecule has 1 rings (SSSR count). The maximum atomic E-state index is 11.7. The Kier molecular flexibility index (Phi) is 5.40. The summed E-state index contributed by atoms with van der Waals surface area (Å²) in [7, 11) is 2.86. The van der Waals surface area contributed by atoms with E-state index in [0.29, 0.717) is 22.2 Å². The van der Waals surface area contributed by atoms with Crippen molar-refractivity contribution in [2.45, 2.75) is 6.92 Å². The topological polar surface area (TPSA) is 84.9 Å². The third kappa shape index (κ3) is 3.89. The highest BCUT2D eigenvalue weighted by Crippen LogP contribution is 2.35. The van der Waals surface area contributed by atoms with E-state index in [-0.39, 0.29) is 5.57 Å². The van der Waals surface area contributed by atoms with Crippen molar-refractivity contribution >= 4 is 29.2 Å². The molecule has 0 unspecified atom stereocenters. The second-order valence-corrected chi connectivity index (χ2v) is 4.22. The first-order chi connectivity index (χ1) is 9.38. The number of ether oxygens (including phenoxy) is 2. The van der Waals surface area contributed by atoms with Crippen molar-refractivity contribution in [1.29, 1.82) is 0 Å². The van der Waals surface area contributed by atoms with Crippen LogP contribution in [0, 0.1) is 0 Å². The highest BCUT2D eigenvalue weighted by molar-refractivity contribution is 6.32. The Bertz CT molecular complexity index is 568. The van der Waals surface area contributed by atoms with Crippen molar-refractivity contribution in [2.24, 2.45) is 0 Å². The summed E-state index contributed by atoms with van der Waals surface area (Å²) in [6.07, 6.45) is 0.975. The Labute approximate surface area is 120 Å². The summed E-state index contributed by atoms with van der Waals surface area (Å²) in [5.74, 6) is -1.05. The maximum absolute atomic E-state index is 11.7. The molecule has 0 aromatic heterocycles. The van der Waals surface area contributed by atoms with Gasteiger partial charge in [-0.2, -0.15) is 0 Å². The molecule has 1 amide bonds. The molecule has 0 aliphatic heterocycles. The number of carbonyl (C=O) groups is 2. The second-order valence-electron chi connectivity index (χ2n) is 3.81. The van der Waals surface area contributed by atoms with Crippen molar-refractivity contribution in [3.05, 3.63) is 28.8 Å². The fourth-order valence-corrected chi connectivity index (χ4v) is 1.62. The van der Waals surface area contributed by atoms with E-state index in [1.807, 2.05) is 0 Å². The van der Waals surface area contributed by atoms with Gasteiger partial charge in [0.25, 0.3) is 0 Å². The molecule has 0 atom stereocenters. The molecular weight excluding hydrogens is 286 g/mol. The normalized spacial score (nSPS) is 10.9. The molecule has 0 saturated heterocycles. The van der Waals surface area contributed by atoms with Crippen LogP contribution in [0.5, 0.6) is 11.5 Å². The Morgan fingerprint density at radius 3 is 2.35 bits per heavy atom. The van der Waals surface area contributed by atoms with E-state index in [4.69, 9.17) is 26.2 Å². The van der Waals surface area contributed by atoms with Crippen LogP contribution in [-0.2, 0) is 9.59 Å². The standard InChI is InChI=1S/C13H14ClNO5/c1-7(13(17)18)4-12(16)15-9-6-10(19-2)8(14)5-11(9)20-3/h4-6H,1-3H3,(H,15,16)(H,17,18)/b7-4+. The van der Waals surface area contributed by atoms with Gasteiger partial charge in [0.2, 0.25) is 5.91 Å². The van der Waals surface area contributed by atoms with Crippen LogP contribution in [0.1, 0.15) is 6.92 Å². The molecule has 0 fully saturated rings. The quantitative estimate of drug-likeness (QED) is 0.815. The molecule has 0 aliphatic rings. The molecule has 0 radical (unpaired) electrons. The van der Waals surface area contributed by atoms with Gasteiger partial charge in [0.15, 0.2) is 0 Å². The molecule has 0 heterocycles. The number of nitrogens with one attached hydrogen (secondary N) is 1. The number of carboxylic acid groups (broad SMARTS) is 1. The number of hydrogen-bond donors (Lipinski definition) is 2. The van der Waals surface area contributed by atoms with Gasteiger partial charge in [-0.3, -0.25) is 4.79 Å². The number of hydrogen-bond acceptors (Lipinski definition) is 4. The minimum atomic E-state index is -1.17. The third-order valence-electron chi connectivity index (χ3n) is 2.42. The molecule has 0 saturated carbocycles. The first-order valence-corrected chi connectivity index (χ1v) is 5.91. The lowest BCUT2D eigenvalue weighted by Gasteiger charge is -2.12. The lowest BCUT2D eigenvalue weighted by molar-refractivity contribution is -0.132. The average Bonchev–Trinajstić information content (AvgIpc) is 2.39. The number of methoxy groups -OCH3 is 2. The maximum Gasteiger partial charge on any atom is 0.331 e. The van der Waals surface area contributed by atoms with E-state index in [0.717, 1.165) is 6.08 Å². The van der Waals surface area contributed by atoms with Gasteiger partial charge >= 0.3 is 5.97 Å². The van der Waals surface area contributed by atoms with Gasteiger partial charge in [-0.25, -0.2) is 4.79 Å². The van der Waals surface area contributed by atoms with Crippen molar-refractivity contribution in [2.75, 3.05) is 19.5 Å². The smallest absolute Gasteiger partial charge is 0.331 e. The number of aliphatic carboxylic acids is 1. The minimum Gasteiger partial charge on any atom is -0.495 e. The summed E-state index contributed by atoms with van der Waals surface area (Å²) in [5, 5.41) is 11.5. The molecule has 20 heavy (non-hydrogen) atoms. The highest BCUT2D eigenvalue weighted by atomic mass is 35.5. The van der Waals surface area contributed by atoms with Crippen LogP contribution >= 0.6 is 11.6 Å². The largest absolute Gasteiger partial charge is 0.495 e. The van der Waals surface area contributed by atoms with E-state index in [1.54, 1.807) is 0 Å². The van der Waals surface area contributed by atoms with E-state index in [2.05, 4.69) is 5.32 Å². The molecular formula is C13H14ClNO5. The number of carboxylic acids is 1. The summed E-state index contributed by atoms with van der Waals surface area (Å²) in [4.78, 5) is 22.3. The number of carbonyl (C=O) groups excluding carboxylic acids is 1. The Hall–Kier alpha value is -2.21. The van der Waals surface area contributed by atoms with Gasteiger partial charge < -0.3 is 19.9 Å². The lowest BCUT2D eigenvalue weighted by atomic mass is 10.2. The summed E-state index contributed by atoms with van der Waals surface area (Å²) < 4.78 is 10.1. The number of benzene rings is 1. The van der Waals surface area contributed by atoms with Crippen molar-refractivity contribution in [3.63, 3.8) is 0 Å². The Morgan fingerprint density at radius 2 is 1.85 bits per heavy atom. The molecule has 2 N–H and O–H groups in total. The van der Waals surface area contributed by atoms with Crippen LogP contribution in [0.25, 0.3) is 0 Å². The zero-order valence-electron chi connectivity index (χ0n) is 11.2. The van der Waals surface area contributed by atoms with E-state index < -0.39 is 11.9 Å². The van der Waals surface area contributed by atoms with Crippen LogP contribution < -0.4 is 14.8 Å². The monoisotopic (exact) mass is 299 g/mol. The Balaban J connectivity index is 3.05. The molecule has 7 heteroatoms. The van der Waals surface area contributed by atoms with Crippen LogP contribution in [0.3, 0.4) is 0 Å². The zero-order valence-corrected chi connectivity index (χ0v) is 11.9. The van der Waals surface area contributed by atoms with Gasteiger partial charge in [0.05, 0.1) is 24.9 Å². The van der Waals surface area contributed by atoms with E-state index >= 15 is 0 Å². The predicted molar refractivity (Wildman–Crippen MR) is 74.6 cm³/mol. The van der Waals surface area contributed by atoms with Crippen LogP contribution in [0.15, 0.2) is 23.8 Å². The fraction of sp³-hybridized carbons (Fsp3) is 0.231. The molecule has 6 nitrogen and oxygen atoms in total. The number of rotatable bonds is 5. The lowest BCUT2D eigenvalue weighted by Crippen LogP contribution is -2.11. The van der Waals surface area contributed by atoms with Gasteiger partial charge in [-0.1, -0.05) is 11.6 Å². The summed E-state index contributed by atoms with van der Waals surface area (Å²) >= 11 is 5.94. The fourth-order valence-electron chi connectivity index (χ4n) is 1.39. The van der Waals surface area contributed by atoms with Crippen LogP contribution in [0.2, 0.25) is 5.02 Å². The van der Waals surface area contributed by atoms with Gasteiger partial charge in [-0.15, -0.1) is 0 Å². The van der Waals surface area contributed by atoms with Crippen LogP contribution in [-0.4, -0.2) is 31.2 Å². The van der Waals surface area contributed by atoms with Gasteiger partial charge in [0.1, 0.15) is 11.5 Å². The second kappa shape index (κ2) is 6.81. The molecule has 108 valence electrons. The first kappa shape index (κ1) is 15.8. The SMILES string of the molecule is COc1cc(NC(=O)/C=C(\C)C(=O)O)c(OC)cc1Cl. The number of halogens is 1. The third-order valence-corrected chi connectivity index (χ3v) is 2.71. The number of amides is 1. The summed E-state index contributed by atoms with van der Waals surface area (Å²) in [6.45, 7) is 1.32. The zero-order chi connectivity index (χ0) is 15.3. The summed E-state index contributed by atoms with van der Waals surface area (Å²) in [5.41, 5.74) is 0.246. The molecule has 1 aromatic rings. The van der Waals surface area contributed by atoms with Crippen molar-refractivity contribution in [1.82, 2.24) is 0 Å².